The summed E-state index contributed by atoms with van der Waals surface area (Å²) in [5, 5.41) is 0. The maximum absolute atomic E-state index is 14.0. The smallest absolute Gasteiger partial charge is 0.306 e. The Bertz CT molecular complexity index is 453. The van der Waals surface area contributed by atoms with Crippen molar-refractivity contribution in [2.45, 2.75) is 13.0 Å². The largest absolute Gasteiger partial charge is 0.497 e. The maximum Gasteiger partial charge on any atom is 0.306 e. The Hall–Kier alpha value is -1.66. The van der Waals surface area contributed by atoms with Gasteiger partial charge in [0.1, 0.15) is 11.6 Å². The normalized spacial score (nSPS) is 10.7. The molecular formula is C15H22FNO4. The van der Waals surface area contributed by atoms with Crippen LogP contribution in [0.3, 0.4) is 0 Å². The first-order chi connectivity index (χ1) is 10.1. The Labute approximate surface area is 124 Å². The molecule has 0 amide bonds. The van der Waals surface area contributed by atoms with E-state index in [0.29, 0.717) is 37.6 Å². The van der Waals surface area contributed by atoms with Gasteiger partial charge in [-0.3, -0.25) is 9.69 Å². The van der Waals surface area contributed by atoms with Gasteiger partial charge in [0.2, 0.25) is 0 Å². The number of carbonyl (C=O) groups excluding carboxylic acids is 1. The van der Waals surface area contributed by atoms with E-state index in [1.54, 1.807) is 19.2 Å². The Morgan fingerprint density at radius 2 is 2.00 bits per heavy atom. The van der Waals surface area contributed by atoms with E-state index in [1.807, 2.05) is 4.90 Å². The minimum atomic E-state index is -0.324. The van der Waals surface area contributed by atoms with E-state index in [1.165, 1.54) is 20.3 Å². The Balaban J connectivity index is 2.68. The number of carbonyl (C=O) groups is 1. The van der Waals surface area contributed by atoms with Crippen LogP contribution in [0.2, 0.25) is 0 Å². The molecule has 0 aromatic heterocycles. The number of rotatable bonds is 9. The maximum atomic E-state index is 14.0. The third kappa shape index (κ3) is 6.10. The number of esters is 1. The van der Waals surface area contributed by atoms with Crippen molar-refractivity contribution in [2.75, 3.05) is 41.0 Å². The summed E-state index contributed by atoms with van der Waals surface area (Å²) in [5.74, 6) is -0.128. The van der Waals surface area contributed by atoms with Crippen molar-refractivity contribution < 1.29 is 23.4 Å². The van der Waals surface area contributed by atoms with Gasteiger partial charge in [-0.15, -0.1) is 0 Å². The molecule has 1 rings (SSSR count). The van der Waals surface area contributed by atoms with E-state index >= 15 is 0 Å². The number of ether oxygens (including phenoxy) is 3. The second kappa shape index (κ2) is 9.31. The third-order valence-electron chi connectivity index (χ3n) is 3.13. The van der Waals surface area contributed by atoms with Crippen molar-refractivity contribution >= 4 is 5.97 Å². The summed E-state index contributed by atoms with van der Waals surface area (Å²) in [5.41, 5.74) is 0.553. The Morgan fingerprint density at radius 3 is 2.57 bits per heavy atom. The van der Waals surface area contributed by atoms with E-state index < -0.39 is 0 Å². The molecule has 118 valence electrons. The van der Waals surface area contributed by atoms with Crippen LogP contribution in [-0.4, -0.2) is 51.9 Å². The molecule has 0 fully saturated rings. The van der Waals surface area contributed by atoms with Gasteiger partial charge in [0.25, 0.3) is 0 Å². The van der Waals surface area contributed by atoms with Crippen LogP contribution < -0.4 is 4.74 Å². The zero-order valence-corrected chi connectivity index (χ0v) is 12.7. The summed E-state index contributed by atoms with van der Waals surface area (Å²) >= 11 is 0. The molecule has 0 saturated carbocycles. The second-order valence-corrected chi connectivity index (χ2v) is 4.55. The average molecular weight is 299 g/mol. The van der Waals surface area contributed by atoms with Crippen molar-refractivity contribution in [2.24, 2.45) is 0 Å². The molecule has 0 saturated heterocycles. The predicted octanol–water partition coefficient (Wildman–Crippen LogP) is 1.85. The van der Waals surface area contributed by atoms with Crippen molar-refractivity contribution in [3.05, 3.63) is 29.6 Å². The highest BCUT2D eigenvalue weighted by molar-refractivity contribution is 5.69. The topological polar surface area (TPSA) is 48.0 Å². The fourth-order valence-corrected chi connectivity index (χ4v) is 1.87. The van der Waals surface area contributed by atoms with Crippen LogP contribution in [0, 0.1) is 5.82 Å². The molecule has 0 atom stereocenters. The third-order valence-corrected chi connectivity index (χ3v) is 3.13. The van der Waals surface area contributed by atoms with Gasteiger partial charge < -0.3 is 14.2 Å². The summed E-state index contributed by atoms with van der Waals surface area (Å²) in [6, 6.07) is 4.75. The first kappa shape index (κ1) is 17.4. The molecule has 21 heavy (non-hydrogen) atoms. The molecule has 5 nitrogen and oxygen atoms in total. The van der Waals surface area contributed by atoms with E-state index in [0.717, 1.165) is 0 Å². The number of methoxy groups -OCH3 is 3. The summed E-state index contributed by atoms with van der Waals surface area (Å²) in [6.45, 7) is 2.01. The first-order valence-electron chi connectivity index (χ1n) is 6.71. The zero-order chi connectivity index (χ0) is 15.7. The van der Waals surface area contributed by atoms with Crippen molar-refractivity contribution in [1.82, 2.24) is 4.90 Å². The molecule has 0 N–H and O–H groups in total. The summed E-state index contributed by atoms with van der Waals surface area (Å²) in [6.07, 6.45) is 0.262. The van der Waals surface area contributed by atoms with Crippen LogP contribution in [0.25, 0.3) is 0 Å². The molecule has 0 heterocycles. The molecule has 6 heteroatoms. The van der Waals surface area contributed by atoms with Gasteiger partial charge >= 0.3 is 5.97 Å². The van der Waals surface area contributed by atoms with Crippen molar-refractivity contribution in [3.63, 3.8) is 0 Å². The number of nitrogens with zero attached hydrogens (tertiary/aromatic N) is 1. The van der Waals surface area contributed by atoms with Gasteiger partial charge in [0.05, 0.1) is 27.2 Å². The second-order valence-electron chi connectivity index (χ2n) is 4.55. The van der Waals surface area contributed by atoms with E-state index in [-0.39, 0.29) is 18.2 Å². The number of halogens is 1. The van der Waals surface area contributed by atoms with Gasteiger partial charge in [-0.2, -0.15) is 0 Å². The molecule has 0 spiro atoms. The average Bonchev–Trinajstić information content (AvgIpc) is 2.50. The van der Waals surface area contributed by atoms with Crippen molar-refractivity contribution in [1.29, 1.82) is 0 Å². The van der Waals surface area contributed by atoms with Crippen LogP contribution in [0.4, 0.5) is 4.39 Å². The van der Waals surface area contributed by atoms with Crippen molar-refractivity contribution in [3.8, 4) is 5.75 Å². The minimum absolute atomic E-state index is 0.262. The zero-order valence-electron chi connectivity index (χ0n) is 12.7. The molecular weight excluding hydrogens is 277 g/mol. The summed E-state index contributed by atoms with van der Waals surface area (Å²) in [4.78, 5) is 13.2. The lowest BCUT2D eigenvalue weighted by Crippen LogP contribution is -2.30. The van der Waals surface area contributed by atoms with Gasteiger partial charge in [-0.25, -0.2) is 4.39 Å². The van der Waals surface area contributed by atoms with Crippen LogP contribution in [0.5, 0.6) is 5.75 Å². The lowest BCUT2D eigenvalue weighted by Gasteiger charge is -2.22. The van der Waals surface area contributed by atoms with Crippen LogP contribution in [0.1, 0.15) is 12.0 Å². The first-order valence-corrected chi connectivity index (χ1v) is 6.71. The molecule has 1 aromatic rings. The van der Waals surface area contributed by atoms with Gasteiger partial charge in [0, 0.05) is 38.4 Å². The van der Waals surface area contributed by atoms with Crippen LogP contribution in [-0.2, 0) is 20.8 Å². The van der Waals surface area contributed by atoms with Gasteiger partial charge in [-0.1, -0.05) is 6.07 Å². The molecule has 0 radical (unpaired) electrons. The van der Waals surface area contributed by atoms with E-state index in [9.17, 15) is 9.18 Å². The van der Waals surface area contributed by atoms with Gasteiger partial charge in [-0.05, 0) is 6.07 Å². The number of benzene rings is 1. The highest BCUT2D eigenvalue weighted by atomic mass is 19.1. The number of hydrogen-bond acceptors (Lipinski definition) is 5. The fraction of sp³-hybridized carbons (Fsp3) is 0.533. The summed E-state index contributed by atoms with van der Waals surface area (Å²) < 4.78 is 28.6. The highest BCUT2D eigenvalue weighted by Gasteiger charge is 2.12. The minimum Gasteiger partial charge on any atom is -0.497 e. The summed E-state index contributed by atoms with van der Waals surface area (Å²) in [7, 11) is 4.45. The standard InChI is InChI=1S/C15H22FNO4/c1-19-9-8-17(7-6-15(18)21-3)11-12-4-5-13(20-2)10-14(12)16/h4-5,10H,6-9,11H2,1-3H3. The molecule has 0 unspecified atom stereocenters. The quantitative estimate of drug-likeness (QED) is 0.651. The lowest BCUT2D eigenvalue weighted by atomic mass is 10.2. The fourth-order valence-electron chi connectivity index (χ4n) is 1.87. The lowest BCUT2D eigenvalue weighted by molar-refractivity contribution is -0.141. The number of hydrogen-bond donors (Lipinski definition) is 0. The van der Waals surface area contributed by atoms with Crippen LogP contribution in [0.15, 0.2) is 18.2 Å². The molecule has 0 aliphatic rings. The highest BCUT2D eigenvalue weighted by Crippen LogP contribution is 2.17. The molecule has 0 aliphatic carbocycles. The monoisotopic (exact) mass is 299 g/mol. The van der Waals surface area contributed by atoms with Gasteiger partial charge in [0.15, 0.2) is 0 Å². The molecule has 0 bridgehead atoms. The Morgan fingerprint density at radius 1 is 1.24 bits per heavy atom. The SMILES string of the molecule is COCCN(CCC(=O)OC)Cc1ccc(OC)cc1F. The Kier molecular flexibility index (Phi) is 7.71. The van der Waals surface area contributed by atoms with E-state index in [2.05, 4.69) is 4.74 Å². The molecule has 0 aliphatic heterocycles. The molecule has 1 aromatic carbocycles. The van der Waals surface area contributed by atoms with E-state index in [4.69, 9.17) is 9.47 Å². The predicted molar refractivity (Wildman–Crippen MR) is 76.7 cm³/mol. The van der Waals surface area contributed by atoms with Crippen LogP contribution >= 0.6 is 0 Å².